The van der Waals surface area contributed by atoms with Crippen LogP contribution >= 0.6 is 0 Å². The van der Waals surface area contributed by atoms with Crippen LogP contribution in [0.1, 0.15) is 25.3 Å². The summed E-state index contributed by atoms with van der Waals surface area (Å²) in [6.45, 7) is 7.05. The lowest BCUT2D eigenvalue weighted by Crippen LogP contribution is -2.40. The van der Waals surface area contributed by atoms with Crippen LogP contribution in [0.5, 0.6) is 0 Å². The van der Waals surface area contributed by atoms with Gasteiger partial charge >= 0.3 is 0 Å². The van der Waals surface area contributed by atoms with Gasteiger partial charge in [0.15, 0.2) is 0 Å². The topological polar surface area (TPSA) is 44.5 Å². The molecule has 20 heavy (non-hydrogen) atoms. The van der Waals surface area contributed by atoms with E-state index >= 15 is 0 Å². The van der Waals surface area contributed by atoms with E-state index in [0.717, 1.165) is 38.6 Å². The molecule has 0 aromatic carbocycles. The number of nitrogens with zero attached hydrogens (tertiary/aromatic N) is 4. The molecule has 1 aromatic heterocycles. The number of β-amino-alcohol motifs (C(OH)–C–C–N with tert-alkyl or cyclic N) is 1. The standard InChI is InChI=1S/C15H28N4O/c1-13(20)9-19-6-4-14(5-7-19)10-17(2)11-15-8-16-18(3)12-15/h8,12-14,20H,4-7,9-11H2,1-3H3/t13-/m0/s1. The Bertz CT molecular complexity index is 396. The summed E-state index contributed by atoms with van der Waals surface area (Å²) in [5.41, 5.74) is 1.28. The van der Waals surface area contributed by atoms with Crippen LogP contribution in [0.15, 0.2) is 12.4 Å². The van der Waals surface area contributed by atoms with Gasteiger partial charge in [0.1, 0.15) is 0 Å². The summed E-state index contributed by atoms with van der Waals surface area (Å²) < 4.78 is 1.86. The molecule has 2 rings (SSSR count). The second-order valence-electron chi connectivity index (χ2n) is 6.31. The zero-order chi connectivity index (χ0) is 14.5. The van der Waals surface area contributed by atoms with E-state index in [1.54, 1.807) is 0 Å². The van der Waals surface area contributed by atoms with Crippen molar-refractivity contribution >= 4 is 0 Å². The van der Waals surface area contributed by atoms with E-state index in [1.807, 2.05) is 24.9 Å². The van der Waals surface area contributed by atoms with Crippen molar-refractivity contribution in [3.8, 4) is 0 Å². The van der Waals surface area contributed by atoms with Crippen molar-refractivity contribution in [2.75, 3.05) is 33.2 Å². The van der Waals surface area contributed by atoms with Crippen LogP contribution in [0.2, 0.25) is 0 Å². The predicted molar refractivity (Wildman–Crippen MR) is 80.4 cm³/mol. The molecule has 1 atom stereocenters. The quantitative estimate of drug-likeness (QED) is 0.842. The number of aromatic nitrogens is 2. The van der Waals surface area contributed by atoms with Crippen LogP contribution in [0.3, 0.4) is 0 Å². The fourth-order valence-corrected chi connectivity index (χ4v) is 3.10. The largest absolute Gasteiger partial charge is 0.392 e. The molecule has 1 aliphatic heterocycles. The molecule has 0 saturated carbocycles. The SMILES string of the molecule is C[C@H](O)CN1CCC(CN(C)Cc2cnn(C)c2)CC1. The van der Waals surface area contributed by atoms with E-state index in [1.165, 1.54) is 18.4 Å². The van der Waals surface area contributed by atoms with Gasteiger partial charge in [0.25, 0.3) is 0 Å². The van der Waals surface area contributed by atoms with E-state index in [-0.39, 0.29) is 6.10 Å². The zero-order valence-electron chi connectivity index (χ0n) is 13.0. The fraction of sp³-hybridized carbons (Fsp3) is 0.800. The van der Waals surface area contributed by atoms with Crippen molar-refractivity contribution in [2.45, 2.75) is 32.4 Å². The van der Waals surface area contributed by atoms with Gasteiger partial charge < -0.3 is 14.9 Å². The summed E-state index contributed by atoms with van der Waals surface area (Å²) in [5, 5.41) is 13.6. The Balaban J connectivity index is 1.69. The van der Waals surface area contributed by atoms with Gasteiger partial charge in [0.05, 0.1) is 12.3 Å². The van der Waals surface area contributed by atoms with Gasteiger partial charge in [0.2, 0.25) is 0 Å². The van der Waals surface area contributed by atoms with Crippen molar-refractivity contribution < 1.29 is 5.11 Å². The molecule has 0 unspecified atom stereocenters. The number of piperidine rings is 1. The Morgan fingerprint density at radius 2 is 2.15 bits per heavy atom. The van der Waals surface area contributed by atoms with Crippen molar-refractivity contribution in [1.29, 1.82) is 0 Å². The molecule has 1 aliphatic rings. The first-order chi connectivity index (χ1) is 9.52. The average Bonchev–Trinajstić information content (AvgIpc) is 2.76. The molecule has 0 aliphatic carbocycles. The van der Waals surface area contributed by atoms with E-state index in [9.17, 15) is 5.11 Å². The van der Waals surface area contributed by atoms with E-state index in [2.05, 4.69) is 28.1 Å². The number of rotatable bonds is 6. The smallest absolute Gasteiger partial charge is 0.0639 e. The third-order valence-electron chi connectivity index (χ3n) is 4.01. The minimum atomic E-state index is -0.209. The Hall–Kier alpha value is -0.910. The van der Waals surface area contributed by atoms with Crippen molar-refractivity contribution in [2.24, 2.45) is 13.0 Å². The fourth-order valence-electron chi connectivity index (χ4n) is 3.10. The predicted octanol–water partition coefficient (Wildman–Crippen LogP) is 0.945. The van der Waals surface area contributed by atoms with Crippen molar-refractivity contribution in [1.82, 2.24) is 19.6 Å². The van der Waals surface area contributed by atoms with Crippen LogP contribution in [-0.4, -0.2) is 64.0 Å². The van der Waals surface area contributed by atoms with Crippen LogP contribution in [0.25, 0.3) is 0 Å². The minimum absolute atomic E-state index is 0.209. The minimum Gasteiger partial charge on any atom is -0.392 e. The molecule has 0 amide bonds. The van der Waals surface area contributed by atoms with E-state index in [0.29, 0.717) is 0 Å². The molecule has 5 nitrogen and oxygen atoms in total. The van der Waals surface area contributed by atoms with Gasteiger partial charge in [-0.25, -0.2) is 0 Å². The molecule has 0 bridgehead atoms. The summed E-state index contributed by atoms with van der Waals surface area (Å²) in [5.74, 6) is 0.780. The lowest BCUT2D eigenvalue weighted by atomic mass is 9.96. The zero-order valence-corrected chi connectivity index (χ0v) is 13.0. The summed E-state index contributed by atoms with van der Waals surface area (Å²) in [7, 11) is 4.15. The molecule has 0 spiro atoms. The van der Waals surface area contributed by atoms with Gasteiger partial charge in [-0.2, -0.15) is 5.10 Å². The van der Waals surface area contributed by atoms with Crippen molar-refractivity contribution in [3.05, 3.63) is 18.0 Å². The van der Waals surface area contributed by atoms with Crippen molar-refractivity contribution in [3.63, 3.8) is 0 Å². The third-order valence-corrected chi connectivity index (χ3v) is 4.01. The molecular formula is C15H28N4O. The van der Waals surface area contributed by atoms with Crippen LogP contribution in [0, 0.1) is 5.92 Å². The van der Waals surface area contributed by atoms with Crippen LogP contribution in [-0.2, 0) is 13.6 Å². The second kappa shape index (κ2) is 7.20. The molecule has 1 N–H and O–H groups in total. The molecule has 1 aromatic rings. The Kier molecular flexibility index (Phi) is 5.57. The lowest BCUT2D eigenvalue weighted by Gasteiger charge is -2.34. The molecule has 2 heterocycles. The Morgan fingerprint density at radius 3 is 2.70 bits per heavy atom. The highest BCUT2D eigenvalue weighted by molar-refractivity contribution is 5.03. The van der Waals surface area contributed by atoms with E-state index in [4.69, 9.17) is 0 Å². The molecule has 114 valence electrons. The number of aliphatic hydroxyl groups is 1. The lowest BCUT2D eigenvalue weighted by molar-refractivity contribution is 0.0919. The summed E-state index contributed by atoms with van der Waals surface area (Å²) in [6.07, 6.45) is 6.30. The maximum Gasteiger partial charge on any atom is 0.0639 e. The van der Waals surface area contributed by atoms with Crippen LogP contribution < -0.4 is 0 Å². The number of likely N-dealkylation sites (tertiary alicyclic amines) is 1. The highest BCUT2D eigenvalue weighted by atomic mass is 16.3. The van der Waals surface area contributed by atoms with E-state index < -0.39 is 0 Å². The van der Waals surface area contributed by atoms with Gasteiger partial charge in [0, 0.05) is 38.4 Å². The summed E-state index contributed by atoms with van der Waals surface area (Å²) in [4.78, 5) is 4.77. The Morgan fingerprint density at radius 1 is 1.45 bits per heavy atom. The maximum atomic E-state index is 9.42. The van der Waals surface area contributed by atoms with Gasteiger partial charge in [-0.15, -0.1) is 0 Å². The number of aryl methyl sites for hydroxylation is 1. The molecule has 1 fully saturated rings. The first-order valence-corrected chi connectivity index (χ1v) is 7.59. The second-order valence-corrected chi connectivity index (χ2v) is 6.31. The number of aliphatic hydroxyl groups excluding tert-OH is 1. The highest BCUT2D eigenvalue weighted by Gasteiger charge is 2.21. The first-order valence-electron chi connectivity index (χ1n) is 7.59. The van der Waals surface area contributed by atoms with Gasteiger partial charge in [-0.1, -0.05) is 0 Å². The normalized spacial score (nSPS) is 19.6. The summed E-state index contributed by atoms with van der Waals surface area (Å²) >= 11 is 0. The summed E-state index contributed by atoms with van der Waals surface area (Å²) in [6, 6.07) is 0. The third kappa shape index (κ3) is 4.89. The first kappa shape index (κ1) is 15.5. The van der Waals surface area contributed by atoms with Gasteiger partial charge in [-0.05, 0) is 45.8 Å². The molecule has 5 heteroatoms. The van der Waals surface area contributed by atoms with Crippen LogP contribution in [0.4, 0.5) is 0 Å². The van der Waals surface area contributed by atoms with Gasteiger partial charge in [-0.3, -0.25) is 4.68 Å². The number of hydrogen-bond donors (Lipinski definition) is 1. The maximum absolute atomic E-state index is 9.42. The molecule has 1 saturated heterocycles. The highest BCUT2D eigenvalue weighted by Crippen LogP contribution is 2.18. The Labute approximate surface area is 122 Å². The monoisotopic (exact) mass is 280 g/mol. The molecule has 0 radical (unpaired) electrons. The average molecular weight is 280 g/mol. The molecular weight excluding hydrogens is 252 g/mol. The number of hydrogen-bond acceptors (Lipinski definition) is 4.